The van der Waals surface area contributed by atoms with Crippen molar-refractivity contribution >= 4 is 17.6 Å². The van der Waals surface area contributed by atoms with Crippen molar-refractivity contribution in [2.75, 3.05) is 19.0 Å². The van der Waals surface area contributed by atoms with E-state index in [1.807, 2.05) is 6.92 Å². The molecule has 0 atom stereocenters. The van der Waals surface area contributed by atoms with Gasteiger partial charge in [-0.3, -0.25) is 9.59 Å². The Balaban J connectivity index is 1.91. The van der Waals surface area contributed by atoms with Crippen molar-refractivity contribution in [3.8, 4) is 5.75 Å². The van der Waals surface area contributed by atoms with Gasteiger partial charge in [0.25, 0.3) is 11.5 Å². The van der Waals surface area contributed by atoms with Gasteiger partial charge >= 0.3 is 5.97 Å². The van der Waals surface area contributed by atoms with E-state index in [1.54, 1.807) is 31.4 Å². The van der Waals surface area contributed by atoms with Gasteiger partial charge in [0.15, 0.2) is 12.3 Å². The average molecular weight is 345 g/mol. The van der Waals surface area contributed by atoms with Gasteiger partial charge in [0.05, 0.1) is 7.11 Å². The summed E-state index contributed by atoms with van der Waals surface area (Å²) in [4.78, 5) is 35.4. The van der Waals surface area contributed by atoms with Gasteiger partial charge in [-0.25, -0.2) is 9.48 Å². The maximum Gasteiger partial charge on any atom is 0.359 e. The van der Waals surface area contributed by atoms with Crippen LogP contribution in [0, 0.1) is 0 Å². The number of anilines is 1. The zero-order chi connectivity index (χ0) is 18.2. The second kappa shape index (κ2) is 8.62. The highest BCUT2D eigenvalue weighted by Gasteiger charge is 2.13. The summed E-state index contributed by atoms with van der Waals surface area (Å²) >= 11 is 0. The first-order valence-corrected chi connectivity index (χ1v) is 7.72. The predicted molar refractivity (Wildman–Crippen MR) is 90.7 cm³/mol. The quantitative estimate of drug-likeness (QED) is 0.763. The summed E-state index contributed by atoms with van der Waals surface area (Å²) in [6.07, 6.45) is 0.704. The first-order chi connectivity index (χ1) is 12.0. The number of aromatic nitrogens is 2. The van der Waals surface area contributed by atoms with E-state index < -0.39 is 18.5 Å². The van der Waals surface area contributed by atoms with Gasteiger partial charge in [-0.1, -0.05) is 6.92 Å². The fraction of sp³-hybridized carbons (Fsp3) is 0.294. The van der Waals surface area contributed by atoms with Crippen LogP contribution in [0.2, 0.25) is 0 Å². The molecule has 1 aromatic heterocycles. The molecule has 1 aromatic carbocycles. The Kier molecular flexibility index (Phi) is 6.27. The summed E-state index contributed by atoms with van der Waals surface area (Å²) in [6.45, 7) is 1.83. The van der Waals surface area contributed by atoms with E-state index in [-0.39, 0.29) is 11.3 Å². The maximum atomic E-state index is 12.0. The van der Waals surface area contributed by atoms with Crippen LogP contribution in [-0.2, 0) is 16.1 Å². The van der Waals surface area contributed by atoms with Crippen LogP contribution in [0.15, 0.2) is 41.2 Å². The topological polar surface area (TPSA) is 99.5 Å². The van der Waals surface area contributed by atoms with E-state index in [2.05, 4.69) is 10.4 Å². The van der Waals surface area contributed by atoms with Gasteiger partial charge in [-0.2, -0.15) is 5.10 Å². The number of hydrogen-bond donors (Lipinski definition) is 1. The molecular formula is C17H19N3O5. The fourth-order valence-electron chi connectivity index (χ4n) is 2.01. The molecule has 0 radical (unpaired) electrons. The molecule has 0 fully saturated rings. The van der Waals surface area contributed by atoms with E-state index in [0.717, 1.165) is 0 Å². The third-order valence-electron chi connectivity index (χ3n) is 3.22. The van der Waals surface area contributed by atoms with Crippen LogP contribution in [0.5, 0.6) is 5.75 Å². The number of benzene rings is 1. The number of carbonyl (C=O) groups is 2. The Hall–Kier alpha value is -3.16. The highest BCUT2D eigenvalue weighted by atomic mass is 16.5. The Morgan fingerprint density at radius 3 is 2.52 bits per heavy atom. The number of nitrogens with zero attached hydrogens (tertiary/aromatic N) is 2. The van der Waals surface area contributed by atoms with Gasteiger partial charge < -0.3 is 14.8 Å². The van der Waals surface area contributed by atoms with Crippen molar-refractivity contribution in [3.05, 3.63) is 52.4 Å². The number of methoxy groups -OCH3 is 1. The molecule has 0 aliphatic carbocycles. The lowest BCUT2D eigenvalue weighted by Gasteiger charge is -2.08. The van der Waals surface area contributed by atoms with Crippen molar-refractivity contribution in [2.24, 2.45) is 0 Å². The summed E-state index contributed by atoms with van der Waals surface area (Å²) in [5.74, 6) is -0.590. The lowest BCUT2D eigenvalue weighted by molar-refractivity contribution is -0.119. The van der Waals surface area contributed by atoms with Crippen molar-refractivity contribution in [3.63, 3.8) is 0 Å². The monoisotopic (exact) mass is 345 g/mol. The zero-order valence-corrected chi connectivity index (χ0v) is 14.0. The molecule has 0 spiro atoms. The van der Waals surface area contributed by atoms with Gasteiger partial charge in [-0.05, 0) is 36.8 Å². The van der Waals surface area contributed by atoms with E-state index in [9.17, 15) is 14.4 Å². The molecule has 0 aliphatic rings. The highest BCUT2D eigenvalue weighted by molar-refractivity contribution is 5.94. The van der Waals surface area contributed by atoms with Crippen LogP contribution in [-0.4, -0.2) is 35.4 Å². The second-order valence-electron chi connectivity index (χ2n) is 5.13. The van der Waals surface area contributed by atoms with Crippen LogP contribution in [0.3, 0.4) is 0 Å². The number of nitrogens with one attached hydrogen (secondary N) is 1. The molecule has 0 saturated carbocycles. The fourth-order valence-corrected chi connectivity index (χ4v) is 2.01. The molecule has 8 heteroatoms. The Bertz CT molecular complexity index is 799. The second-order valence-corrected chi connectivity index (χ2v) is 5.13. The van der Waals surface area contributed by atoms with Crippen molar-refractivity contribution in [1.29, 1.82) is 0 Å². The first-order valence-electron chi connectivity index (χ1n) is 7.72. The molecule has 0 saturated heterocycles. The third-order valence-corrected chi connectivity index (χ3v) is 3.22. The average Bonchev–Trinajstić information content (AvgIpc) is 2.62. The molecule has 1 heterocycles. The zero-order valence-electron chi connectivity index (χ0n) is 14.0. The number of esters is 1. The molecular weight excluding hydrogens is 326 g/mol. The molecule has 1 N–H and O–H groups in total. The van der Waals surface area contributed by atoms with Crippen molar-refractivity contribution in [1.82, 2.24) is 9.78 Å². The van der Waals surface area contributed by atoms with Crippen LogP contribution in [0.1, 0.15) is 23.8 Å². The maximum absolute atomic E-state index is 12.0. The van der Waals surface area contributed by atoms with Gasteiger partial charge in [0, 0.05) is 18.3 Å². The number of carbonyl (C=O) groups excluding carboxylic acids is 2. The first kappa shape index (κ1) is 18.2. The molecule has 132 valence electrons. The van der Waals surface area contributed by atoms with Crippen LogP contribution in [0.25, 0.3) is 0 Å². The Morgan fingerprint density at radius 2 is 1.88 bits per heavy atom. The molecule has 0 aliphatic heterocycles. The summed E-state index contributed by atoms with van der Waals surface area (Å²) in [5, 5.41) is 6.52. The highest BCUT2D eigenvalue weighted by Crippen LogP contribution is 2.14. The van der Waals surface area contributed by atoms with Crippen LogP contribution < -0.4 is 15.6 Å². The van der Waals surface area contributed by atoms with E-state index in [1.165, 1.54) is 16.8 Å². The molecule has 2 aromatic rings. The Labute approximate surface area is 144 Å². The number of aryl methyl sites for hydroxylation is 1. The third kappa shape index (κ3) is 5.17. The number of amides is 1. The van der Waals surface area contributed by atoms with E-state index in [0.29, 0.717) is 24.4 Å². The van der Waals surface area contributed by atoms with Crippen molar-refractivity contribution < 1.29 is 19.1 Å². The normalized spacial score (nSPS) is 10.2. The molecule has 0 bridgehead atoms. The predicted octanol–water partition coefficient (Wildman–Crippen LogP) is 1.46. The lowest BCUT2D eigenvalue weighted by atomic mass is 10.3. The number of ether oxygens (including phenoxy) is 2. The van der Waals surface area contributed by atoms with Gasteiger partial charge in [0.2, 0.25) is 0 Å². The largest absolute Gasteiger partial charge is 0.497 e. The minimum Gasteiger partial charge on any atom is -0.497 e. The lowest BCUT2D eigenvalue weighted by Crippen LogP contribution is -2.26. The van der Waals surface area contributed by atoms with E-state index in [4.69, 9.17) is 9.47 Å². The molecule has 25 heavy (non-hydrogen) atoms. The summed E-state index contributed by atoms with van der Waals surface area (Å²) in [6, 6.07) is 9.25. The Morgan fingerprint density at radius 1 is 1.16 bits per heavy atom. The van der Waals surface area contributed by atoms with Gasteiger partial charge in [0.1, 0.15) is 5.75 Å². The summed E-state index contributed by atoms with van der Waals surface area (Å²) < 4.78 is 11.1. The van der Waals surface area contributed by atoms with Gasteiger partial charge in [-0.15, -0.1) is 0 Å². The molecule has 8 nitrogen and oxygen atoms in total. The number of rotatable bonds is 7. The summed E-state index contributed by atoms with van der Waals surface area (Å²) in [7, 11) is 1.55. The minimum absolute atomic E-state index is 0.0229. The number of hydrogen-bond acceptors (Lipinski definition) is 6. The summed E-state index contributed by atoms with van der Waals surface area (Å²) in [5.41, 5.74) is 0.234. The minimum atomic E-state index is -0.769. The van der Waals surface area contributed by atoms with Crippen LogP contribution in [0.4, 0.5) is 5.69 Å². The standard InChI is InChI=1S/C17H19N3O5/c1-3-10-20-16(22)9-8-14(19-20)17(23)25-11-15(21)18-12-4-6-13(24-2)7-5-12/h4-9H,3,10-11H2,1-2H3,(H,18,21). The molecule has 1 amide bonds. The van der Waals surface area contributed by atoms with E-state index >= 15 is 0 Å². The smallest absolute Gasteiger partial charge is 0.359 e. The molecule has 2 rings (SSSR count). The van der Waals surface area contributed by atoms with Crippen molar-refractivity contribution in [2.45, 2.75) is 19.9 Å². The SMILES string of the molecule is CCCn1nc(C(=O)OCC(=O)Nc2ccc(OC)cc2)ccc1=O. The molecule has 0 unspecified atom stereocenters. The van der Waals surface area contributed by atoms with Crippen LogP contribution >= 0.6 is 0 Å².